The van der Waals surface area contributed by atoms with E-state index in [0.29, 0.717) is 0 Å². The van der Waals surface area contributed by atoms with Crippen LogP contribution in [0.2, 0.25) is 0 Å². The molecule has 0 saturated heterocycles. The first-order valence-electron chi connectivity index (χ1n) is 19.2. The third kappa shape index (κ3) is 14.4. The lowest BCUT2D eigenvalue weighted by Gasteiger charge is -2.35. The van der Waals surface area contributed by atoms with Gasteiger partial charge in [-0.1, -0.05) is 133 Å². The van der Waals surface area contributed by atoms with Gasteiger partial charge in [0.2, 0.25) is 23.6 Å². The molecule has 3 aromatic rings. The van der Waals surface area contributed by atoms with Gasteiger partial charge >= 0.3 is 6.09 Å². The SMILES string of the molecule is CC(C)C(=O)N[C@H](C(=O)N[C@@H](Cc1ccccc1)[C@@H](O)[C@H](O)[C@H](Cc1ccccc1)NC(=O)[C@@H](NC(=O)[C@H](C)NC(=O)OCc1ccccc1)C(C)C)C(C)C. The van der Waals surface area contributed by atoms with Crippen molar-refractivity contribution in [1.82, 2.24) is 26.6 Å². The van der Waals surface area contributed by atoms with Gasteiger partial charge in [-0.2, -0.15) is 0 Å². The zero-order chi connectivity index (χ0) is 41.4. The van der Waals surface area contributed by atoms with E-state index >= 15 is 0 Å². The lowest BCUT2D eigenvalue weighted by Crippen LogP contribution is -2.62. The van der Waals surface area contributed by atoms with Gasteiger partial charge in [0.1, 0.15) is 36.9 Å². The average molecular weight is 774 g/mol. The van der Waals surface area contributed by atoms with Gasteiger partial charge in [-0.05, 0) is 48.3 Å². The van der Waals surface area contributed by atoms with Crippen molar-refractivity contribution in [2.45, 2.75) is 110 Å². The second kappa shape index (κ2) is 22.3. The van der Waals surface area contributed by atoms with Crippen LogP contribution in [-0.4, -0.2) is 82.4 Å². The molecule has 5 amide bonds. The van der Waals surface area contributed by atoms with Crippen LogP contribution in [0.25, 0.3) is 0 Å². The number of carbonyl (C=O) groups is 5. The van der Waals surface area contributed by atoms with Crippen LogP contribution in [0.5, 0.6) is 0 Å². The number of nitrogens with one attached hydrogen (secondary N) is 5. The number of rotatable bonds is 20. The number of aliphatic hydroxyl groups is 2. The highest BCUT2D eigenvalue weighted by Crippen LogP contribution is 2.17. The van der Waals surface area contributed by atoms with Crippen LogP contribution >= 0.6 is 0 Å². The number of amides is 5. The molecule has 3 aromatic carbocycles. The van der Waals surface area contributed by atoms with E-state index in [1.165, 1.54) is 6.92 Å². The molecule has 0 aliphatic rings. The van der Waals surface area contributed by atoms with Crippen molar-refractivity contribution in [3.05, 3.63) is 108 Å². The Morgan fingerprint density at radius 2 is 0.875 bits per heavy atom. The van der Waals surface area contributed by atoms with Crippen molar-refractivity contribution >= 4 is 29.7 Å². The predicted octanol–water partition coefficient (Wildman–Crippen LogP) is 3.42. The second-order valence-electron chi connectivity index (χ2n) is 15.1. The van der Waals surface area contributed by atoms with Gasteiger partial charge in [-0.25, -0.2) is 4.79 Å². The van der Waals surface area contributed by atoms with Crippen LogP contribution in [0, 0.1) is 17.8 Å². The summed E-state index contributed by atoms with van der Waals surface area (Å²) in [5, 5.41) is 37.5. The zero-order valence-electron chi connectivity index (χ0n) is 33.4. The molecule has 7 atom stereocenters. The Morgan fingerprint density at radius 3 is 1.25 bits per heavy atom. The third-order valence-corrected chi connectivity index (χ3v) is 9.39. The largest absolute Gasteiger partial charge is 0.445 e. The molecule has 304 valence electrons. The van der Waals surface area contributed by atoms with E-state index < -0.39 is 72.1 Å². The van der Waals surface area contributed by atoms with Gasteiger partial charge in [-0.3, -0.25) is 19.2 Å². The van der Waals surface area contributed by atoms with Crippen LogP contribution in [0.15, 0.2) is 91.0 Å². The van der Waals surface area contributed by atoms with E-state index in [4.69, 9.17) is 4.74 Å². The molecule has 0 heterocycles. The van der Waals surface area contributed by atoms with E-state index in [2.05, 4.69) is 26.6 Å². The first-order valence-corrected chi connectivity index (χ1v) is 19.2. The molecule has 3 rings (SSSR count). The maximum Gasteiger partial charge on any atom is 0.408 e. The van der Waals surface area contributed by atoms with Crippen LogP contribution in [0.1, 0.15) is 65.2 Å². The van der Waals surface area contributed by atoms with Crippen molar-refractivity contribution in [3.8, 4) is 0 Å². The van der Waals surface area contributed by atoms with Gasteiger partial charge in [0.15, 0.2) is 0 Å². The number of hydrogen-bond acceptors (Lipinski definition) is 8. The maximum atomic E-state index is 14.0. The van der Waals surface area contributed by atoms with Gasteiger partial charge < -0.3 is 41.5 Å². The van der Waals surface area contributed by atoms with E-state index in [1.807, 2.05) is 78.9 Å². The summed E-state index contributed by atoms with van der Waals surface area (Å²) in [7, 11) is 0. The Labute approximate surface area is 330 Å². The van der Waals surface area contributed by atoms with Crippen molar-refractivity contribution in [3.63, 3.8) is 0 Å². The lowest BCUT2D eigenvalue weighted by molar-refractivity contribution is -0.133. The fourth-order valence-electron chi connectivity index (χ4n) is 5.95. The number of hydrogen-bond donors (Lipinski definition) is 7. The number of alkyl carbamates (subject to hydrolysis) is 1. The van der Waals surface area contributed by atoms with Crippen molar-refractivity contribution in [2.75, 3.05) is 0 Å². The highest BCUT2D eigenvalue weighted by Gasteiger charge is 2.38. The standard InChI is InChI=1S/C43H59N5O8/c1-26(2)35(47-39(51)28(5)6)41(53)45-33(23-30-17-11-8-12-18-30)37(49)38(50)34(24-31-19-13-9-14-20-31)46-42(54)36(27(3)4)48-40(52)29(7)44-43(55)56-25-32-21-15-10-16-22-32/h8-22,26-29,33-38,49-50H,23-25H2,1-7H3,(H,44,55)(H,45,53)(H,46,54)(H,47,51)(H,48,52)/t29-,33-,34-,35-,36-,37+,38+/m0/s1. The molecule has 13 nitrogen and oxygen atoms in total. The van der Waals surface area contributed by atoms with Crippen molar-refractivity contribution < 1.29 is 38.9 Å². The highest BCUT2D eigenvalue weighted by molar-refractivity contribution is 5.91. The molecule has 0 bridgehead atoms. The minimum absolute atomic E-state index is 0.0118. The Bertz CT molecular complexity index is 1690. The summed E-state index contributed by atoms with van der Waals surface area (Å²) in [5.74, 6) is -3.16. The molecule has 0 fully saturated rings. The van der Waals surface area contributed by atoms with Gasteiger partial charge in [0.05, 0.1) is 12.1 Å². The van der Waals surface area contributed by atoms with Gasteiger partial charge in [-0.15, -0.1) is 0 Å². The fourth-order valence-corrected chi connectivity index (χ4v) is 5.95. The number of ether oxygens (including phenoxy) is 1. The number of benzene rings is 3. The molecule has 0 aliphatic carbocycles. The quantitative estimate of drug-likeness (QED) is 0.0908. The summed E-state index contributed by atoms with van der Waals surface area (Å²) in [6, 6.07) is 22.1. The molecule has 13 heteroatoms. The van der Waals surface area contributed by atoms with E-state index in [0.717, 1.165) is 16.7 Å². The van der Waals surface area contributed by atoms with Crippen LogP contribution in [0.4, 0.5) is 4.79 Å². The molecule has 56 heavy (non-hydrogen) atoms. The van der Waals surface area contributed by atoms with Crippen molar-refractivity contribution in [2.24, 2.45) is 17.8 Å². The van der Waals surface area contributed by atoms with Crippen molar-refractivity contribution in [1.29, 1.82) is 0 Å². The second-order valence-corrected chi connectivity index (χ2v) is 15.1. The minimum Gasteiger partial charge on any atom is -0.445 e. The summed E-state index contributed by atoms with van der Waals surface area (Å²) in [5.41, 5.74) is 2.30. The predicted molar refractivity (Wildman–Crippen MR) is 214 cm³/mol. The van der Waals surface area contributed by atoms with Gasteiger partial charge in [0, 0.05) is 5.92 Å². The zero-order valence-corrected chi connectivity index (χ0v) is 33.4. The summed E-state index contributed by atoms with van der Waals surface area (Å²) < 4.78 is 5.23. The molecular formula is C43H59N5O8. The molecule has 0 saturated carbocycles. The van der Waals surface area contributed by atoms with E-state index in [1.54, 1.807) is 53.7 Å². The van der Waals surface area contributed by atoms with E-state index in [9.17, 15) is 34.2 Å². The average Bonchev–Trinajstić information content (AvgIpc) is 3.17. The Morgan fingerprint density at radius 1 is 0.500 bits per heavy atom. The Balaban J connectivity index is 1.83. The molecule has 0 aliphatic heterocycles. The molecule has 0 radical (unpaired) electrons. The Hall–Kier alpha value is -5.27. The summed E-state index contributed by atoms with van der Waals surface area (Å²) in [4.78, 5) is 66.0. The minimum atomic E-state index is -1.61. The number of aliphatic hydroxyl groups excluding tert-OH is 2. The monoisotopic (exact) mass is 773 g/mol. The normalized spacial score (nSPS) is 15.1. The Kier molecular flexibility index (Phi) is 18.0. The molecular weight excluding hydrogens is 714 g/mol. The maximum absolute atomic E-state index is 14.0. The van der Waals surface area contributed by atoms with Crippen LogP contribution in [0.3, 0.4) is 0 Å². The molecule has 0 spiro atoms. The molecule has 0 unspecified atom stereocenters. The number of carbonyl (C=O) groups excluding carboxylic acids is 5. The third-order valence-electron chi connectivity index (χ3n) is 9.39. The fraction of sp³-hybridized carbons (Fsp3) is 0.465. The van der Waals surface area contributed by atoms with Crippen LogP contribution < -0.4 is 26.6 Å². The first kappa shape index (κ1) is 45.1. The lowest BCUT2D eigenvalue weighted by atomic mass is 9.90. The molecule has 0 aromatic heterocycles. The first-order chi connectivity index (χ1) is 26.6. The van der Waals surface area contributed by atoms with E-state index in [-0.39, 0.29) is 37.2 Å². The van der Waals surface area contributed by atoms with Crippen LogP contribution in [-0.2, 0) is 43.4 Å². The summed E-state index contributed by atoms with van der Waals surface area (Å²) >= 11 is 0. The molecule has 7 N–H and O–H groups in total. The van der Waals surface area contributed by atoms with Gasteiger partial charge in [0.25, 0.3) is 0 Å². The smallest absolute Gasteiger partial charge is 0.408 e. The highest BCUT2D eigenvalue weighted by atomic mass is 16.5. The summed E-state index contributed by atoms with van der Waals surface area (Å²) in [6.07, 6.45) is -3.79. The topological polar surface area (TPSA) is 195 Å². The summed E-state index contributed by atoms with van der Waals surface area (Å²) in [6.45, 7) is 12.0.